The fourth-order valence-electron chi connectivity index (χ4n) is 3.65. The Morgan fingerprint density at radius 2 is 1.43 bits per heavy atom. The van der Waals surface area contributed by atoms with Crippen LogP contribution in [0.15, 0.2) is 72.8 Å². The van der Waals surface area contributed by atoms with Gasteiger partial charge >= 0.3 is 11.9 Å². The zero-order chi connectivity index (χ0) is 19.7. The van der Waals surface area contributed by atoms with Crippen LogP contribution in [0.5, 0.6) is 0 Å². The molecule has 0 heterocycles. The van der Waals surface area contributed by atoms with Gasteiger partial charge in [0.1, 0.15) is 12.6 Å². The second kappa shape index (κ2) is 7.29. The van der Waals surface area contributed by atoms with E-state index in [1.54, 1.807) is 0 Å². The first-order chi connectivity index (χ1) is 13.6. The molecule has 1 unspecified atom stereocenters. The molecule has 5 nitrogen and oxygen atoms in total. The van der Waals surface area contributed by atoms with Crippen LogP contribution in [0.1, 0.15) is 39.0 Å². The Kier molecular flexibility index (Phi) is 4.67. The summed E-state index contributed by atoms with van der Waals surface area (Å²) in [4.78, 5) is 23.4. The van der Waals surface area contributed by atoms with E-state index >= 15 is 0 Å². The zero-order valence-corrected chi connectivity index (χ0v) is 15.0. The van der Waals surface area contributed by atoms with Crippen molar-refractivity contribution >= 4 is 11.9 Å². The number of nitrogens with two attached hydrogens (primary N) is 1. The first kappa shape index (κ1) is 17.9. The molecule has 1 aliphatic carbocycles. The molecule has 140 valence electrons. The first-order valence-electron chi connectivity index (χ1n) is 9.00. The molecule has 0 saturated carbocycles. The Bertz CT molecular complexity index is 997. The number of benzene rings is 3. The SMILES string of the molecule is NC(C(=O)O)c1ccc(C(=O)OCC2c3ccccc3-c3ccccc32)cc1. The van der Waals surface area contributed by atoms with Crippen LogP contribution in [0.4, 0.5) is 0 Å². The van der Waals surface area contributed by atoms with E-state index in [9.17, 15) is 9.59 Å². The van der Waals surface area contributed by atoms with Crippen LogP contribution in [0, 0.1) is 0 Å². The van der Waals surface area contributed by atoms with Gasteiger partial charge in [0, 0.05) is 5.92 Å². The molecule has 0 fully saturated rings. The van der Waals surface area contributed by atoms with E-state index in [4.69, 9.17) is 15.6 Å². The van der Waals surface area contributed by atoms with Crippen LogP contribution in [-0.2, 0) is 9.53 Å². The van der Waals surface area contributed by atoms with E-state index in [1.807, 2.05) is 24.3 Å². The highest BCUT2D eigenvalue weighted by Gasteiger charge is 2.29. The number of carbonyl (C=O) groups excluding carboxylic acids is 1. The molecule has 0 radical (unpaired) electrons. The minimum Gasteiger partial charge on any atom is -0.480 e. The molecule has 0 aliphatic heterocycles. The maximum absolute atomic E-state index is 12.5. The highest BCUT2D eigenvalue weighted by atomic mass is 16.5. The lowest BCUT2D eigenvalue weighted by atomic mass is 9.98. The molecule has 0 bridgehead atoms. The number of ether oxygens (including phenoxy) is 1. The van der Waals surface area contributed by atoms with Gasteiger partial charge in [-0.2, -0.15) is 0 Å². The first-order valence-corrected chi connectivity index (χ1v) is 9.00. The van der Waals surface area contributed by atoms with Crippen molar-refractivity contribution < 1.29 is 19.4 Å². The molecular formula is C23H19NO4. The average molecular weight is 373 g/mol. The summed E-state index contributed by atoms with van der Waals surface area (Å²) in [5.74, 6) is -1.57. The molecule has 0 spiro atoms. The number of aliphatic carboxylic acids is 1. The summed E-state index contributed by atoms with van der Waals surface area (Å²) < 4.78 is 5.59. The molecule has 1 aliphatic rings. The third kappa shape index (κ3) is 3.17. The van der Waals surface area contributed by atoms with Gasteiger partial charge in [-0.15, -0.1) is 0 Å². The van der Waals surface area contributed by atoms with Gasteiger partial charge in [0.2, 0.25) is 0 Å². The number of carboxylic acid groups (broad SMARTS) is 1. The van der Waals surface area contributed by atoms with Gasteiger partial charge in [-0.25, -0.2) is 4.79 Å². The van der Waals surface area contributed by atoms with Gasteiger partial charge in [-0.1, -0.05) is 60.7 Å². The third-order valence-electron chi connectivity index (χ3n) is 5.12. The van der Waals surface area contributed by atoms with Crippen LogP contribution in [-0.4, -0.2) is 23.7 Å². The summed E-state index contributed by atoms with van der Waals surface area (Å²) in [6.07, 6.45) is 0. The van der Waals surface area contributed by atoms with Crippen molar-refractivity contribution in [2.75, 3.05) is 6.61 Å². The maximum atomic E-state index is 12.5. The summed E-state index contributed by atoms with van der Waals surface area (Å²) >= 11 is 0. The topological polar surface area (TPSA) is 89.6 Å². The molecule has 0 amide bonds. The fraction of sp³-hybridized carbons (Fsp3) is 0.130. The van der Waals surface area contributed by atoms with Gasteiger partial charge in [-0.3, -0.25) is 4.79 Å². The van der Waals surface area contributed by atoms with E-state index in [0.717, 1.165) is 11.1 Å². The van der Waals surface area contributed by atoms with Crippen LogP contribution >= 0.6 is 0 Å². The molecule has 5 heteroatoms. The number of esters is 1. The van der Waals surface area contributed by atoms with E-state index < -0.39 is 18.0 Å². The quantitative estimate of drug-likeness (QED) is 0.665. The second-order valence-electron chi connectivity index (χ2n) is 6.76. The number of hydrogen-bond donors (Lipinski definition) is 2. The molecule has 0 saturated heterocycles. The molecule has 1 atom stereocenters. The molecule has 3 N–H and O–H groups in total. The second-order valence-corrected chi connectivity index (χ2v) is 6.76. The maximum Gasteiger partial charge on any atom is 0.338 e. The zero-order valence-electron chi connectivity index (χ0n) is 15.0. The highest BCUT2D eigenvalue weighted by Crippen LogP contribution is 2.44. The van der Waals surface area contributed by atoms with Crippen molar-refractivity contribution in [2.45, 2.75) is 12.0 Å². The third-order valence-corrected chi connectivity index (χ3v) is 5.12. The minimum absolute atomic E-state index is 0.00365. The lowest BCUT2D eigenvalue weighted by molar-refractivity contribution is -0.138. The van der Waals surface area contributed by atoms with Gasteiger partial charge in [0.05, 0.1) is 5.56 Å². The Morgan fingerprint density at radius 3 is 1.96 bits per heavy atom. The fourth-order valence-corrected chi connectivity index (χ4v) is 3.65. The number of rotatable bonds is 5. The smallest absolute Gasteiger partial charge is 0.338 e. The standard InChI is InChI=1S/C23H19NO4/c24-21(22(25)26)14-9-11-15(12-10-14)23(27)28-13-20-18-7-3-1-5-16(18)17-6-2-4-8-19(17)20/h1-12,20-21H,13,24H2,(H,25,26). The van der Waals surface area contributed by atoms with Crippen molar-refractivity contribution in [3.63, 3.8) is 0 Å². The monoisotopic (exact) mass is 373 g/mol. The van der Waals surface area contributed by atoms with Crippen LogP contribution in [0.2, 0.25) is 0 Å². The number of carboxylic acids is 1. The Morgan fingerprint density at radius 1 is 0.893 bits per heavy atom. The summed E-state index contributed by atoms with van der Waals surface area (Å²) in [6, 6.07) is 21.3. The molecule has 4 rings (SSSR count). The summed E-state index contributed by atoms with van der Waals surface area (Å²) in [6.45, 7) is 0.239. The Hall–Kier alpha value is -3.44. The van der Waals surface area contributed by atoms with Gasteiger partial charge in [0.15, 0.2) is 0 Å². The van der Waals surface area contributed by atoms with Crippen LogP contribution in [0.3, 0.4) is 0 Å². The number of fused-ring (bicyclic) bond motifs is 3. The van der Waals surface area contributed by atoms with E-state index in [1.165, 1.54) is 35.4 Å². The van der Waals surface area contributed by atoms with Crippen molar-refractivity contribution in [3.8, 4) is 11.1 Å². The van der Waals surface area contributed by atoms with Crippen LogP contribution in [0.25, 0.3) is 11.1 Å². The highest BCUT2D eigenvalue weighted by molar-refractivity contribution is 5.90. The average Bonchev–Trinajstić information content (AvgIpc) is 3.05. The molecule has 3 aromatic rings. The number of carbonyl (C=O) groups is 2. The van der Waals surface area contributed by atoms with E-state index in [-0.39, 0.29) is 12.5 Å². The van der Waals surface area contributed by atoms with E-state index in [0.29, 0.717) is 11.1 Å². The van der Waals surface area contributed by atoms with Gasteiger partial charge < -0.3 is 15.6 Å². The lowest BCUT2D eigenvalue weighted by Gasteiger charge is -2.14. The van der Waals surface area contributed by atoms with Gasteiger partial charge in [-0.05, 0) is 39.9 Å². The Labute approximate surface area is 162 Å². The predicted molar refractivity (Wildman–Crippen MR) is 105 cm³/mol. The predicted octanol–water partition coefficient (Wildman–Crippen LogP) is 3.74. The molecule has 0 aromatic heterocycles. The summed E-state index contributed by atoms with van der Waals surface area (Å²) in [5, 5.41) is 8.96. The Balaban J connectivity index is 1.50. The van der Waals surface area contributed by atoms with Crippen molar-refractivity contribution in [2.24, 2.45) is 5.73 Å². The molecule has 28 heavy (non-hydrogen) atoms. The van der Waals surface area contributed by atoms with Gasteiger partial charge in [0.25, 0.3) is 0 Å². The van der Waals surface area contributed by atoms with E-state index in [2.05, 4.69) is 24.3 Å². The number of hydrogen-bond acceptors (Lipinski definition) is 4. The minimum atomic E-state index is -1.12. The molecular weight excluding hydrogens is 354 g/mol. The normalized spacial score (nSPS) is 13.5. The lowest BCUT2D eigenvalue weighted by Crippen LogP contribution is -2.20. The van der Waals surface area contributed by atoms with Crippen molar-refractivity contribution in [1.29, 1.82) is 0 Å². The van der Waals surface area contributed by atoms with Crippen molar-refractivity contribution in [3.05, 3.63) is 95.1 Å². The largest absolute Gasteiger partial charge is 0.480 e. The van der Waals surface area contributed by atoms with Crippen molar-refractivity contribution in [1.82, 2.24) is 0 Å². The summed E-state index contributed by atoms with van der Waals surface area (Å²) in [7, 11) is 0. The van der Waals surface area contributed by atoms with Crippen LogP contribution < -0.4 is 5.73 Å². The summed E-state index contributed by atoms with van der Waals surface area (Å²) in [5.41, 5.74) is 11.0. The molecule has 3 aromatic carbocycles.